The van der Waals surface area contributed by atoms with Crippen molar-refractivity contribution in [2.75, 3.05) is 32.1 Å². The van der Waals surface area contributed by atoms with Gasteiger partial charge in [-0.15, -0.1) is 11.3 Å². The first-order chi connectivity index (χ1) is 26.3. The van der Waals surface area contributed by atoms with Crippen LogP contribution in [0.1, 0.15) is 99.8 Å². The zero-order valence-electron chi connectivity index (χ0n) is 31.6. The molecule has 0 spiro atoms. The third-order valence-corrected chi connectivity index (χ3v) is 9.97. The summed E-state index contributed by atoms with van der Waals surface area (Å²) in [5.74, 6) is -1.29. The molecule has 1 aliphatic carbocycles. The van der Waals surface area contributed by atoms with E-state index in [2.05, 4.69) is 26.3 Å². The van der Waals surface area contributed by atoms with E-state index in [0.717, 1.165) is 23.3 Å². The topological polar surface area (TPSA) is 174 Å². The van der Waals surface area contributed by atoms with Crippen molar-refractivity contribution in [3.63, 3.8) is 0 Å². The largest absolute Gasteiger partial charge is 0.493 e. The monoisotopic (exact) mass is 767 g/mol. The highest BCUT2D eigenvalue weighted by atomic mass is 32.1. The number of hydrogen-bond donors (Lipinski definition) is 4. The first kappa shape index (κ1) is 38.9. The highest BCUT2D eigenvalue weighted by Gasteiger charge is 2.28. The van der Waals surface area contributed by atoms with Gasteiger partial charge in [-0.1, -0.05) is 13.0 Å². The smallest absolute Gasteiger partial charge is 0.407 e. The van der Waals surface area contributed by atoms with Gasteiger partial charge in [-0.25, -0.2) is 14.6 Å². The van der Waals surface area contributed by atoms with Crippen LogP contribution in [0.4, 0.5) is 10.5 Å². The van der Waals surface area contributed by atoms with Crippen LogP contribution in [0.5, 0.6) is 5.75 Å². The zero-order chi connectivity index (χ0) is 39.3. The number of esters is 1. The molecule has 13 nitrogen and oxygen atoms in total. The van der Waals surface area contributed by atoms with E-state index in [1.807, 2.05) is 18.4 Å². The summed E-state index contributed by atoms with van der Waals surface area (Å²) in [5, 5.41) is 13.4. The molecule has 4 N–H and O–H groups in total. The van der Waals surface area contributed by atoms with Crippen molar-refractivity contribution in [3.8, 4) is 27.3 Å². The Morgan fingerprint density at radius 1 is 0.891 bits per heavy atom. The molecule has 2 aromatic carbocycles. The van der Waals surface area contributed by atoms with Gasteiger partial charge in [0.15, 0.2) is 5.69 Å². The average molecular weight is 768 g/mol. The first-order valence-electron chi connectivity index (χ1n) is 18.3. The van der Waals surface area contributed by atoms with Crippen LogP contribution < -0.4 is 26.0 Å². The van der Waals surface area contributed by atoms with Gasteiger partial charge in [0, 0.05) is 53.2 Å². The van der Waals surface area contributed by atoms with E-state index in [4.69, 9.17) is 14.2 Å². The van der Waals surface area contributed by atoms with Crippen LogP contribution in [0.2, 0.25) is 0 Å². The van der Waals surface area contributed by atoms with E-state index in [9.17, 15) is 24.0 Å². The molecule has 6 rings (SSSR count). The number of anilines is 1. The lowest BCUT2D eigenvalue weighted by Crippen LogP contribution is -2.32. The van der Waals surface area contributed by atoms with E-state index in [0.29, 0.717) is 60.9 Å². The van der Waals surface area contributed by atoms with Crippen LogP contribution in [0.3, 0.4) is 0 Å². The number of ether oxygens (including phenoxy) is 3. The fourth-order valence-electron chi connectivity index (χ4n) is 6.04. The Hall–Kier alpha value is -5.76. The Bertz CT molecular complexity index is 2130. The van der Waals surface area contributed by atoms with E-state index in [-0.39, 0.29) is 46.2 Å². The number of carbonyl (C=O) groups excluding carboxylic acids is 5. The molecule has 1 saturated carbocycles. The number of nitrogens with one attached hydrogen (secondary N) is 4. The molecule has 2 aromatic heterocycles. The molecular weight excluding hydrogens is 723 g/mol. The maximum atomic E-state index is 14.6. The van der Waals surface area contributed by atoms with E-state index in [1.54, 1.807) is 57.2 Å². The SMILES string of the molecule is CCCNC(=O)c1ccc(-c2cc3c(cc2C(=O)Nc2ccc(CNC(=O)OC(C)(C)C)cc2C(=O)NCC2CC2)-c2sccc2CCO3)c(C(=O)OC)n1. The fourth-order valence-corrected chi connectivity index (χ4v) is 7.02. The van der Waals surface area contributed by atoms with Crippen LogP contribution in [0.15, 0.2) is 53.9 Å². The van der Waals surface area contributed by atoms with Crippen LogP contribution >= 0.6 is 11.3 Å². The molecule has 14 heteroatoms. The van der Waals surface area contributed by atoms with Crippen molar-refractivity contribution in [1.29, 1.82) is 0 Å². The second-order valence-corrected chi connectivity index (χ2v) is 15.4. The normalized spacial score (nSPS) is 13.3. The molecule has 55 heavy (non-hydrogen) atoms. The predicted octanol–water partition coefficient (Wildman–Crippen LogP) is 6.76. The van der Waals surface area contributed by atoms with Crippen LogP contribution in [0, 0.1) is 5.92 Å². The van der Waals surface area contributed by atoms with Gasteiger partial charge in [0.05, 0.1) is 25.0 Å². The lowest BCUT2D eigenvalue weighted by molar-refractivity contribution is 0.0521. The van der Waals surface area contributed by atoms with Gasteiger partial charge in [0.1, 0.15) is 17.0 Å². The average Bonchev–Trinajstić information content (AvgIpc) is 3.92. The van der Waals surface area contributed by atoms with Crippen molar-refractivity contribution in [2.24, 2.45) is 5.92 Å². The fraction of sp³-hybridized carbons (Fsp3) is 0.366. The Labute approximate surface area is 323 Å². The maximum Gasteiger partial charge on any atom is 0.407 e. The minimum Gasteiger partial charge on any atom is -0.493 e. The van der Waals surface area contributed by atoms with Gasteiger partial charge in [-0.05, 0) is 105 Å². The quantitative estimate of drug-likeness (QED) is 0.114. The molecular formula is C41H45N5O8S. The summed E-state index contributed by atoms with van der Waals surface area (Å²) in [6, 6.07) is 13.4. The summed E-state index contributed by atoms with van der Waals surface area (Å²) in [6.45, 7) is 8.63. The maximum absolute atomic E-state index is 14.6. The molecule has 3 heterocycles. The standard InChI is InChI=1S/C41H45N5O8S/c1-6-15-42-38(49)32-12-10-26(34(45-32)39(50)52-5)27-20-33-30(35-25(13-16-53-33)14-17-55-35)19-28(27)37(48)46-31-11-9-24(22-44-40(51)54-41(2,3)4)18-29(31)36(47)43-21-23-7-8-23/h9-12,14,17-20,23H,6-8,13,15-16,21-22H2,1-5H3,(H,42,49)(H,43,47)(H,44,51)(H,46,48). The minimum atomic E-state index is -0.798. The second kappa shape index (κ2) is 16.7. The van der Waals surface area contributed by atoms with Gasteiger partial charge in [0.2, 0.25) is 0 Å². The Kier molecular flexibility index (Phi) is 11.8. The van der Waals surface area contributed by atoms with Crippen molar-refractivity contribution in [3.05, 3.63) is 87.6 Å². The molecule has 0 saturated heterocycles. The van der Waals surface area contributed by atoms with Crippen molar-refractivity contribution < 1.29 is 38.2 Å². The van der Waals surface area contributed by atoms with Gasteiger partial charge in [-0.2, -0.15) is 0 Å². The predicted molar refractivity (Wildman–Crippen MR) is 209 cm³/mol. The van der Waals surface area contributed by atoms with E-state index in [1.165, 1.54) is 24.5 Å². The number of methoxy groups -OCH3 is 1. The highest BCUT2D eigenvalue weighted by molar-refractivity contribution is 7.13. The van der Waals surface area contributed by atoms with E-state index < -0.39 is 29.5 Å². The Balaban J connectivity index is 1.42. The highest BCUT2D eigenvalue weighted by Crippen LogP contribution is 2.43. The summed E-state index contributed by atoms with van der Waals surface area (Å²) in [6.07, 6.45) is 2.84. The molecule has 1 fully saturated rings. The van der Waals surface area contributed by atoms with Gasteiger partial charge in [0.25, 0.3) is 17.7 Å². The summed E-state index contributed by atoms with van der Waals surface area (Å²) in [7, 11) is 1.21. The first-order valence-corrected chi connectivity index (χ1v) is 19.2. The van der Waals surface area contributed by atoms with Crippen LogP contribution in [0.25, 0.3) is 21.6 Å². The van der Waals surface area contributed by atoms with Gasteiger partial charge in [-0.3, -0.25) is 14.4 Å². The number of carbonyl (C=O) groups is 5. The van der Waals surface area contributed by atoms with Gasteiger partial charge < -0.3 is 35.5 Å². The minimum absolute atomic E-state index is 0.0148. The third kappa shape index (κ3) is 9.49. The molecule has 0 atom stereocenters. The zero-order valence-corrected chi connectivity index (χ0v) is 32.4. The number of fused-ring (bicyclic) bond motifs is 3. The van der Waals surface area contributed by atoms with Gasteiger partial charge >= 0.3 is 12.1 Å². The lowest BCUT2D eigenvalue weighted by Gasteiger charge is -2.20. The molecule has 288 valence electrons. The Morgan fingerprint density at radius 2 is 1.69 bits per heavy atom. The van der Waals surface area contributed by atoms with E-state index >= 15 is 0 Å². The summed E-state index contributed by atoms with van der Waals surface area (Å²) in [5.41, 5.74) is 2.73. The molecule has 1 aliphatic heterocycles. The molecule has 4 aromatic rings. The number of alkyl carbamates (subject to hydrolysis) is 1. The molecule has 2 aliphatic rings. The number of pyridine rings is 1. The number of hydrogen-bond acceptors (Lipinski definition) is 10. The summed E-state index contributed by atoms with van der Waals surface area (Å²) >= 11 is 1.53. The molecule has 0 unspecified atom stereocenters. The van der Waals surface area contributed by atoms with Crippen molar-refractivity contribution in [1.82, 2.24) is 20.9 Å². The summed E-state index contributed by atoms with van der Waals surface area (Å²) in [4.78, 5) is 72.1. The van der Waals surface area contributed by atoms with Crippen molar-refractivity contribution in [2.45, 2.75) is 65.5 Å². The number of nitrogens with zero attached hydrogens (tertiary/aromatic N) is 1. The Morgan fingerprint density at radius 3 is 2.42 bits per heavy atom. The summed E-state index contributed by atoms with van der Waals surface area (Å²) < 4.78 is 16.7. The number of aromatic nitrogens is 1. The number of rotatable bonds is 12. The van der Waals surface area contributed by atoms with Crippen LogP contribution in [-0.4, -0.2) is 67.2 Å². The van der Waals surface area contributed by atoms with Crippen molar-refractivity contribution >= 4 is 46.8 Å². The third-order valence-electron chi connectivity index (χ3n) is 8.98. The van der Waals surface area contributed by atoms with Crippen LogP contribution in [-0.2, 0) is 22.4 Å². The lowest BCUT2D eigenvalue weighted by atomic mass is 9.93. The molecule has 0 bridgehead atoms. The second-order valence-electron chi connectivity index (χ2n) is 14.5. The molecule has 0 radical (unpaired) electrons. The molecule has 4 amide bonds. The number of amides is 4. The number of benzene rings is 2. The number of thiophene rings is 1.